The molecule has 10 nitrogen and oxygen atoms in total. The first kappa shape index (κ1) is 22.6. The number of ether oxygens (including phenoxy) is 2. The first-order valence-electron chi connectivity index (χ1n) is 11.0. The molecule has 0 aliphatic heterocycles. The molecule has 1 saturated carbocycles. The minimum atomic E-state index is -0.161. The van der Waals surface area contributed by atoms with Gasteiger partial charge < -0.3 is 9.47 Å². The Morgan fingerprint density at radius 1 is 1.30 bits per heavy atom. The third-order valence-electron chi connectivity index (χ3n) is 5.94. The van der Waals surface area contributed by atoms with Crippen LogP contribution in [0, 0.1) is 12.8 Å². The Bertz CT molecular complexity index is 1170. The van der Waals surface area contributed by atoms with Crippen molar-refractivity contribution in [2.75, 3.05) is 7.11 Å². The summed E-state index contributed by atoms with van der Waals surface area (Å²) in [6.07, 6.45) is 5.01. The van der Waals surface area contributed by atoms with Crippen LogP contribution in [0.15, 0.2) is 24.9 Å². The lowest BCUT2D eigenvalue weighted by molar-refractivity contribution is -0.147. The average molecular weight is 452 g/mol. The third kappa shape index (κ3) is 4.94. The van der Waals surface area contributed by atoms with E-state index in [1.807, 2.05) is 33.0 Å². The highest BCUT2D eigenvalue weighted by Gasteiger charge is 2.29. The minimum Gasteiger partial charge on any atom is -0.489 e. The normalized spacial score (nSPS) is 18.2. The van der Waals surface area contributed by atoms with Gasteiger partial charge in [0, 0.05) is 7.05 Å². The molecule has 3 aromatic rings. The van der Waals surface area contributed by atoms with Crippen molar-refractivity contribution in [2.45, 2.75) is 52.2 Å². The fourth-order valence-corrected chi connectivity index (χ4v) is 4.07. The molecule has 0 saturated heterocycles. The number of aromatic nitrogens is 7. The number of carbonyl (C=O) groups excluding carboxylic acids is 1. The van der Waals surface area contributed by atoms with Gasteiger partial charge in [-0.05, 0) is 57.2 Å². The van der Waals surface area contributed by atoms with Crippen LogP contribution in [0.4, 0.5) is 0 Å². The summed E-state index contributed by atoms with van der Waals surface area (Å²) in [7, 11) is 3.27. The Labute approximate surface area is 192 Å². The molecule has 4 rings (SSSR count). The molecule has 33 heavy (non-hydrogen) atoms. The monoisotopic (exact) mass is 451 g/mol. The Morgan fingerprint density at radius 3 is 2.82 bits per heavy atom. The van der Waals surface area contributed by atoms with Gasteiger partial charge >= 0.3 is 5.97 Å². The van der Waals surface area contributed by atoms with Crippen LogP contribution in [0.2, 0.25) is 0 Å². The summed E-state index contributed by atoms with van der Waals surface area (Å²) in [5.74, 6) is 0.440. The number of nitrogens with zero attached hydrogens (tertiary/aromatic N) is 7. The van der Waals surface area contributed by atoms with Crippen LogP contribution in [0.1, 0.15) is 49.7 Å². The molecule has 0 amide bonds. The predicted octanol–water partition coefficient (Wildman–Crippen LogP) is 2.97. The standard InChI is InChI=1S/C23H29N7O3/c1-14(2)19-12-24-30(27-19)13-20-22(26-28-29(20)4)18-9-10-21(15(3)25-18)33-17-8-6-7-16(11-17)23(31)32-5/h9-10,12,16-17H,1,6-8,11,13H2,2-5H3/t16-,17-/m0/s1. The number of hydrogen-bond donors (Lipinski definition) is 0. The highest BCUT2D eigenvalue weighted by atomic mass is 16.5. The van der Waals surface area contributed by atoms with E-state index >= 15 is 0 Å². The van der Waals surface area contributed by atoms with E-state index in [1.54, 1.807) is 15.7 Å². The summed E-state index contributed by atoms with van der Waals surface area (Å²) in [5.41, 5.74) is 4.57. The van der Waals surface area contributed by atoms with E-state index in [-0.39, 0.29) is 18.0 Å². The van der Waals surface area contributed by atoms with E-state index in [1.165, 1.54) is 7.11 Å². The van der Waals surface area contributed by atoms with Crippen molar-refractivity contribution in [1.82, 2.24) is 35.0 Å². The SMILES string of the molecule is C=C(C)c1cnn(Cc2c(-c3ccc(O[C@H]4CCC[C@H](C(=O)OC)C4)c(C)n3)nnn2C)n1. The number of carbonyl (C=O) groups is 1. The molecule has 0 spiro atoms. The molecule has 3 aromatic heterocycles. The number of allylic oxidation sites excluding steroid dienone is 1. The highest BCUT2D eigenvalue weighted by molar-refractivity contribution is 5.72. The summed E-state index contributed by atoms with van der Waals surface area (Å²) >= 11 is 0. The van der Waals surface area contributed by atoms with Crippen molar-refractivity contribution in [3.8, 4) is 17.1 Å². The number of hydrogen-bond acceptors (Lipinski definition) is 8. The summed E-state index contributed by atoms with van der Waals surface area (Å²) in [6.45, 7) is 8.11. The van der Waals surface area contributed by atoms with Crippen LogP contribution in [-0.2, 0) is 23.1 Å². The van der Waals surface area contributed by atoms with Gasteiger partial charge in [-0.2, -0.15) is 15.0 Å². The molecule has 0 bridgehead atoms. The molecule has 10 heteroatoms. The predicted molar refractivity (Wildman–Crippen MR) is 121 cm³/mol. The molecule has 1 aliphatic carbocycles. The Kier molecular flexibility index (Phi) is 6.52. The van der Waals surface area contributed by atoms with E-state index in [4.69, 9.17) is 14.5 Å². The van der Waals surface area contributed by atoms with Gasteiger partial charge in [-0.1, -0.05) is 11.8 Å². The Morgan fingerprint density at radius 2 is 2.12 bits per heavy atom. The maximum atomic E-state index is 11.9. The molecule has 0 unspecified atom stereocenters. The molecule has 0 aromatic carbocycles. The zero-order valence-corrected chi connectivity index (χ0v) is 19.5. The van der Waals surface area contributed by atoms with Crippen LogP contribution in [0.3, 0.4) is 0 Å². The quantitative estimate of drug-likeness (QED) is 0.504. The fourth-order valence-electron chi connectivity index (χ4n) is 4.07. The number of pyridine rings is 1. The molecule has 2 atom stereocenters. The van der Waals surface area contributed by atoms with Gasteiger partial charge in [0.1, 0.15) is 23.7 Å². The van der Waals surface area contributed by atoms with Gasteiger partial charge in [-0.25, -0.2) is 9.67 Å². The first-order chi connectivity index (χ1) is 15.9. The molecule has 0 radical (unpaired) electrons. The van der Waals surface area contributed by atoms with Gasteiger partial charge in [0.05, 0.1) is 42.4 Å². The zero-order valence-electron chi connectivity index (χ0n) is 19.5. The van der Waals surface area contributed by atoms with Gasteiger partial charge in [0.25, 0.3) is 0 Å². The Balaban J connectivity index is 1.51. The summed E-state index contributed by atoms with van der Waals surface area (Å²) in [6, 6.07) is 3.79. The molecular formula is C23H29N7O3. The topological polar surface area (TPSA) is 110 Å². The highest BCUT2D eigenvalue weighted by Crippen LogP contribution is 2.31. The largest absolute Gasteiger partial charge is 0.489 e. The maximum Gasteiger partial charge on any atom is 0.308 e. The van der Waals surface area contributed by atoms with E-state index in [2.05, 4.69) is 27.1 Å². The van der Waals surface area contributed by atoms with E-state index < -0.39 is 0 Å². The Hall–Kier alpha value is -3.56. The van der Waals surface area contributed by atoms with Crippen LogP contribution >= 0.6 is 0 Å². The maximum absolute atomic E-state index is 11.9. The number of rotatable bonds is 7. The molecule has 174 valence electrons. The lowest BCUT2D eigenvalue weighted by Crippen LogP contribution is -2.30. The van der Waals surface area contributed by atoms with Crippen LogP contribution in [0.25, 0.3) is 17.0 Å². The van der Waals surface area contributed by atoms with E-state index in [0.717, 1.165) is 41.9 Å². The van der Waals surface area contributed by atoms with Gasteiger partial charge in [-0.15, -0.1) is 5.10 Å². The van der Waals surface area contributed by atoms with Gasteiger partial charge in [0.15, 0.2) is 0 Å². The summed E-state index contributed by atoms with van der Waals surface area (Å²) < 4.78 is 12.8. The number of aryl methyl sites for hydroxylation is 2. The lowest BCUT2D eigenvalue weighted by Gasteiger charge is -2.28. The molecular weight excluding hydrogens is 422 g/mol. The number of methoxy groups -OCH3 is 1. The molecule has 1 aliphatic rings. The van der Waals surface area contributed by atoms with Crippen molar-refractivity contribution < 1.29 is 14.3 Å². The molecule has 1 fully saturated rings. The minimum absolute atomic E-state index is 0.0327. The lowest BCUT2D eigenvalue weighted by atomic mass is 9.87. The van der Waals surface area contributed by atoms with Crippen molar-refractivity contribution in [3.05, 3.63) is 42.0 Å². The first-order valence-corrected chi connectivity index (χ1v) is 11.0. The van der Waals surface area contributed by atoms with Crippen LogP contribution in [0.5, 0.6) is 5.75 Å². The van der Waals surface area contributed by atoms with Crippen molar-refractivity contribution in [3.63, 3.8) is 0 Å². The second-order valence-electron chi connectivity index (χ2n) is 8.46. The smallest absolute Gasteiger partial charge is 0.308 e. The van der Waals surface area contributed by atoms with Crippen LogP contribution in [-0.4, -0.2) is 54.2 Å². The summed E-state index contributed by atoms with van der Waals surface area (Å²) in [5, 5.41) is 17.3. The second-order valence-corrected chi connectivity index (χ2v) is 8.46. The molecule has 0 N–H and O–H groups in total. The second kappa shape index (κ2) is 9.51. The average Bonchev–Trinajstić information content (AvgIpc) is 3.42. The molecule has 3 heterocycles. The fraction of sp³-hybridized carbons (Fsp3) is 0.478. The van der Waals surface area contributed by atoms with Crippen molar-refractivity contribution in [2.24, 2.45) is 13.0 Å². The number of esters is 1. The van der Waals surface area contributed by atoms with Gasteiger partial charge in [0.2, 0.25) is 0 Å². The third-order valence-corrected chi connectivity index (χ3v) is 5.94. The van der Waals surface area contributed by atoms with Crippen molar-refractivity contribution >= 4 is 11.5 Å². The van der Waals surface area contributed by atoms with Crippen LogP contribution < -0.4 is 4.74 Å². The van der Waals surface area contributed by atoms with Gasteiger partial charge in [-0.3, -0.25) is 4.79 Å². The zero-order chi connectivity index (χ0) is 23.5. The van der Waals surface area contributed by atoms with Crippen molar-refractivity contribution in [1.29, 1.82) is 0 Å². The summed E-state index contributed by atoms with van der Waals surface area (Å²) in [4.78, 5) is 18.2. The van der Waals surface area contributed by atoms with E-state index in [0.29, 0.717) is 30.1 Å². The van der Waals surface area contributed by atoms with E-state index in [9.17, 15) is 4.79 Å².